The predicted octanol–water partition coefficient (Wildman–Crippen LogP) is 5.64. The van der Waals surface area contributed by atoms with Gasteiger partial charge in [-0.3, -0.25) is 4.79 Å². The van der Waals surface area contributed by atoms with Crippen LogP contribution in [-0.4, -0.2) is 15.7 Å². The smallest absolute Gasteiger partial charge is 0.322 e. The van der Waals surface area contributed by atoms with Gasteiger partial charge in [0.2, 0.25) is 0 Å². The SMILES string of the molecule is Cc1cc(C)cc(NC(=O)c2ccc(-n3nc(C(F)(F)F)c4c3CCCC4)cc2)c1. The van der Waals surface area contributed by atoms with Crippen molar-refractivity contribution in [1.29, 1.82) is 0 Å². The number of carbonyl (C=O) groups excluding carboxylic acids is 1. The van der Waals surface area contributed by atoms with Gasteiger partial charge in [0, 0.05) is 22.5 Å². The van der Waals surface area contributed by atoms with Crippen molar-refractivity contribution < 1.29 is 18.0 Å². The first-order chi connectivity index (χ1) is 14.2. The van der Waals surface area contributed by atoms with Gasteiger partial charge in [-0.05, 0) is 87.1 Å². The van der Waals surface area contributed by atoms with Crippen LogP contribution in [0.5, 0.6) is 0 Å². The maximum Gasteiger partial charge on any atom is 0.435 e. The van der Waals surface area contributed by atoms with E-state index in [1.54, 1.807) is 24.3 Å². The highest BCUT2D eigenvalue weighted by Crippen LogP contribution is 2.36. The molecule has 30 heavy (non-hydrogen) atoms. The number of nitrogens with zero attached hydrogens (tertiary/aromatic N) is 2. The van der Waals surface area contributed by atoms with Crippen LogP contribution in [0.2, 0.25) is 0 Å². The van der Waals surface area contributed by atoms with E-state index in [0.717, 1.165) is 24.0 Å². The number of nitrogens with one attached hydrogen (secondary N) is 1. The Morgan fingerprint density at radius 1 is 1.00 bits per heavy atom. The Labute approximate surface area is 172 Å². The number of rotatable bonds is 3. The highest BCUT2D eigenvalue weighted by Gasteiger charge is 2.39. The molecular formula is C23H22F3N3O. The zero-order valence-corrected chi connectivity index (χ0v) is 16.8. The van der Waals surface area contributed by atoms with Gasteiger partial charge in [0.25, 0.3) is 5.91 Å². The van der Waals surface area contributed by atoms with Gasteiger partial charge < -0.3 is 5.32 Å². The van der Waals surface area contributed by atoms with E-state index in [0.29, 0.717) is 41.0 Å². The lowest BCUT2D eigenvalue weighted by Crippen LogP contribution is -2.12. The zero-order chi connectivity index (χ0) is 21.5. The third-order valence-corrected chi connectivity index (χ3v) is 5.30. The maximum atomic E-state index is 13.4. The maximum absolute atomic E-state index is 13.4. The number of anilines is 1. The summed E-state index contributed by atoms with van der Waals surface area (Å²) in [5, 5.41) is 6.75. The molecule has 0 saturated heterocycles. The standard InChI is InChI=1S/C23H22F3N3O/c1-14-11-15(2)13-17(12-14)27-22(30)16-7-9-18(10-8-16)29-20-6-4-3-5-19(20)21(28-29)23(24,25)26/h7-13H,3-6H2,1-2H3,(H,27,30). The second-order valence-corrected chi connectivity index (χ2v) is 7.77. The largest absolute Gasteiger partial charge is 0.435 e. The normalized spacial score (nSPS) is 13.8. The molecule has 0 bridgehead atoms. The van der Waals surface area contributed by atoms with E-state index in [1.165, 1.54) is 4.68 Å². The Bertz CT molecular complexity index is 1080. The number of halogens is 3. The number of carbonyl (C=O) groups is 1. The molecule has 4 rings (SSSR count). The monoisotopic (exact) mass is 413 g/mol. The summed E-state index contributed by atoms with van der Waals surface area (Å²) in [6.07, 6.45) is -1.95. The van der Waals surface area contributed by atoms with E-state index < -0.39 is 11.9 Å². The molecule has 2 aromatic carbocycles. The number of fused-ring (bicyclic) bond motifs is 1. The van der Waals surface area contributed by atoms with Crippen molar-refractivity contribution in [3.05, 3.63) is 76.1 Å². The molecule has 1 amide bonds. The fourth-order valence-corrected chi connectivity index (χ4v) is 4.04. The van der Waals surface area contributed by atoms with Crippen LogP contribution >= 0.6 is 0 Å². The van der Waals surface area contributed by atoms with Crippen molar-refractivity contribution in [2.24, 2.45) is 0 Å². The predicted molar refractivity (Wildman–Crippen MR) is 109 cm³/mol. The van der Waals surface area contributed by atoms with E-state index in [1.807, 2.05) is 32.0 Å². The Kier molecular flexibility index (Phi) is 5.13. The minimum atomic E-state index is -4.47. The summed E-state index contributed by atoms with van der Waals surface area (Å²) >= 11 is 0. The van der Waals surface area contributed by atoms with Gasteiger partial charge in [-0.25, -0.2) is 4.68 Å². The zero-order valence-electron chi connectivity index (χ0n) is 16.8. The fourth-order valence-electron chi connectivity index (χ4n) is 4.04. The van der Waals surface area contributed by atoms with E-state index in [4.69, 9.17) is 0 Å². The van der Waals surface area contributed by atoms with Crippen LogP contribution in [0.25, 0.3) is 5.69 Å². The van der Waals surface area contributed by atoms with Gasteiger partial charge in [-0.15, -0.1) is 0 Å². The average molecular weight is 413 g/mol. The van der Waals surface area contributed by atoms with Crippen molar-refractivity contribution in [3.63, 3.8) is 0 Å². The summed E-state index contributed by atoms with van der Waals surface area (Å²) in [7, 11) is 0. The molecule has 3 aromatic rings. The number of amides is 1. The van der Waals surface area contributed by atoms with Crippen LogP contribution in [0.4, 0.5) is 18.9 Å². The lowest BCUT2D eigenvalue weighted by molar-refractivity contribution is -0.142. The number of hydrogen-bond acceptors (Lipinski definition) is 2. The Morgan fingerprint density at radius 2 is 1.63 bits per heavy atom. The molecule has 1 aliphatic carbocycles. The van der Waals surface area contributed by atoms with Gasteiger partial charge in [0.1, 0.15) is 0 Å². The summed E-state index contributed by atoms with van der Waals surface area (Å²) in [5.74, 6) is -0.273. The van der Waals surface area contributed by atoms with Crippen LogP contribution in [0.3, 0.4) is 0 Å². The van der Waals surface area contributed by atoms with Crippen LogP contribution in [0, 0.1) is 13.8 Å². The number of benzene rings is 2. The molecule has 0 radical (unpaired) electrons. The van der Waals surface area contributed by atoms with E-state index >= 15 is 0 Å². The molecular weight excluding hydrogens is 391 g/mol. The second kappa shape index (κ2) is 7.63. The van der Waals surface area contributed by atoms with Crippen LogP contribution < -0.4 is 5.32 Å². The Balaban J connectivity index is 1.61. The molecule has 1 heterocycles. The fraction of sp³-hybridized carbons (Fsp3) is 0.304. The van der Waals surface area contributed by atoms with Gasteiger partial charge in [-0.1, -0.05) is 6.07 Å². The Morgan fingerprint density at radius 3 is 2.27 bits per heavy atom. The first-order valence-corrected chi connectivity index (χ1v) is 9.90. The second-order valence-electron chi connectivity index (χ2n) is 7.77. The lowest BCUT2D eigenvalue weighted by Gasteiger charge is -2.15. The van der Waals surface area contributed by atoms with Crippen LogP contribution in [0.15, 0.2) is 42.5 Å². The van der Waals surface area contributed by atoms with E-state index in [9.17, 15) is 18.0 Å². The van der Waals surface area contributed by atoms with Gasteiger partial charge >= 0.3 is 6.18 Å². The third kappa shape index (κ3) is 3.97. The molecule has 0 aliphatic heterocycles. The summed E-state index contributed by atoms with van der Waals surface area (Å²) in [6, 6.07) is 12.3. The molecule has 0 fully saturated rings. The molecule has 0 unspecified atom stereocenters. The third-order valence-electron chi connectivity index (χ3n) is 5.30. The summed E-state index contributed by atoms with van der Waals surface area (Å²) in [5.41, 5.74) is 3.86. The summed E-state index contributed by atoms with van der Waals surface area (Å²) < 4.78 is 41.6. The van der Waals surface area contributed by atoms with E-state index in [-0.39, 0.29) is 5.91 Å². The van der Waals surface area contributed by atoms with Gasteiger partial charge in [0.05, 0.1) is 5.69 Å². The average Bonchev–Trinajstić information content (AvgIpc) is 3.07. The first-order valence-electron chi connectivity index (χ1n) is 9.90. The molecule has 156 valence electrons. The number of alkyl halides is 3. The molecule has 7 heteroatoms. The van der Waals surface area contributed by atoms with Crippen molar-refractivity contribution >= 4 is 11.6 Å². The highest BCUT2D eigenvalue weighted by atomic mass is 19.4. The summed E-state index contributed by atoms with van der Waals surface area (Å²) in [4.78, 5) is 12.6. The molecule has 1 aromatic heterocycles. The van der Waals surface area contributed by atoms with Crippen molar-refractivity contribution in [3.8, 4) is 5.69 Å². The molecule has 1 N–H and O–H groups in total. The van der Waals surface area contributed by atoms with Crippen molar-refractivity contribution in [1.82, 2.24) is 9.78 Å². The molecule has 0 saturated carbocycles. The molecule has 4 nitrogen and oxygen atoms in total. The van der Waals surface area contributed by atoms with Crippen LogP contribution in [0.1, 0.15) is 51.3 Å². The number of aromatic nitrogens is 2. The quantitative estimate of drug-likeness (QED) is 0.604. The topological polar surface area (TPSA) is 46.9 Å². The Hall–Kier alpha value is -3.09. The highest BCUT2D eigenvalue weighted by molar-refractivity contribution is 6.04. The van der Waals surface area contributed by atoms with Crippen molar-refractivity contribution in [2.75, 3.05) is 5.32 Å². The molecule has 0 spiro atoms. The van der Waals surface area contributed by atoms with Crippen LogP contribution in [-0.2, 0) is 19.0 Å². The molecule has 0 atom stereocenters. The summed E-state index contributed by atoms with van der Waals surface area (Å²) in [6.45, 7) is 3.91. The van der Waals surface area contributed by atoms with Crippen molar-refractivity contribution in [2.45, 2.75) is 45.7 Å². The molecule has 1 aliphatic rings. The minimum Gasteiger partial charge on any atom is -0.322 e. The van der Waals surface area contributed by atoms with Gasteiger partial charge in [-0.2, -0.15) is 18.3 Å². The number of aryl methyl sites for hydroxylation is 2. The lowest BCUT2D eigenvalue weighted by atomic mass is 9.95. The minimum absolute atomic E-state index is 0.273. The van der Waals surface area contributed by atoms with Gasteiger partial charge in [0.15, 0.2) is 5.69 Å². The first kappa shape index (κ1) is 20.2. The number of hydrogen-bond donors (Lipinski definition) is 1. The van der Waals surface area contributed by atoms with E-state index in [2.05, 4.69) is 10.4 Å².